The van der Waals surface area contributed by atoms with Crippen LogP contribution in [0.5, 0.6) is 0 Å². The van der Waals surface area contributed by atoms with Gasteiger partial charge in [-0.2, -0.15) is 4.98 Å². The lowest BCUT2D eigenvalue weighted by Gasteiger charge is -2.47. The van der Waals surface area contributed by atoms with E-state index in [1.54, 1.807) is 22.3 Å². The smallest absolute Gasteiger partial charge is 0.262 e. The summed E-state index contributed by atoms with van der Waals surface area (Å²) >= 11 is 1.48. The number of rotatable bonds is 5. The van der Waals surface area contributed by atoms with Crippen molar-refractivity contribution in [1.29, 1.82) is 0 Å². The van der Waals surface area contributed by atoms with Crippen molar-refractivity contribution in [2.24, 2.45) is 0 Å². The van der Waals surface area contributed by atoms with Gasteiger partial charge in [-0.05, 0) is 75.5 Å². The first kappa shape index (κ1) is 27.4. The molecule has 1 fully saturated rings. The van der Waals surface area contributed by atoms with Crippen molar-refractivity contribution >= 4 is 45.5 Å². The molecule has 43 heavy (non-hydrogen) atoms. The number of carbonyl (C=O) groups excluding carboxylic acids is 1. The Kier molecular flexibility index (Phi) is 6.63. The summed E-state index contributed by atoms with van der Waals surface area (Å²) in [6.45, 7) is 7.97. The van der Waals surface area contributed by atoms with E-state index < -0.39 is 11.6 Å². The third kappa shape index (κ3) is 4.52. The summed E-state index contributed by atoms with van der Waals surface area (Å²) in [5.41, 5.74) is 5.68. The monoisotopic (exact) mass is 591 g/mol. The second-order valence-corrected chi connectivity index (χ2v) is 13.0. The maximum absolute atomic E-state index is 14.5. The molecule has 0 spiro atoms. The quantitative estimate of drug-likeness (QED) is 0.268. The zero-order valence-corrected chi connectivity index (χ0v) is 25.4. The molecule has 2 aliphatic rings. The lowest BCUT2D eigenvalue weighted by molar-refractivity contribution is 0.0859. The first-order valence-electron chi connectivity index (χ1n) is 14.5. The number of nitrogens with one attached hydrogen (secondary N) is 2. The van der Waals surface area contributed by atoms with E-state index in [9.17, 15) is 9.59 Å². The van der Waals surface area contributed by atoms with Crippen molar-refractivity contribution in [3.05, 3.63) is 92.7 Å². The minimum atomic E-state index is -0.844. The highest BCUT2D eigenvalue weighted by Gasteiger charge is 2.47. The highest BCUT2D eigenvalue weighted by molar-refractivity contribution is 7.10. The molecule has 5 aromatic rings. The second kappa shape index (κ2) is 10.4. The number of carbonyl (C=O) groups is 1. The molecule has 5 heterocycles. The summed E-state index contributed by atoms with van der Waals surface area (Å²) in [5, 5.41) is 7.38. The van der Waals surface area contributed by atoms with Crippen molar-refractivity contribution in [3.63, 3.8) is 0 Å². The summed E-state index contributed by atoms with van der Waals surface area (Å²) in [5.74, 6) is 0.748. The summed E-state index contributed by atoms with van der Waals surface area (Å²) in [6.07, 6.45) is 2.85. The number of likely N-dealkylation sites (N-methyl/N-ethyl adjacent to an activating group) is 1. The average Bonchev–Trinajstić information content (AvgIpc) is 3.70. The zero-order chi connectivity index (χ0) is 29.9. The van der Waals surface area contributed by atoms with E-state index in [1.165, 1.54) is 16.9 Å². The molecule has 7 rings (SSSR count). The Balaban J connectivity index is 1.39. The number of anilines is 3. The van der Waals surface area contributed by atoms with Crippen LogP contribution in [0.3, 0.4) is 0 Å². The maximum atomic E-state index is 14.5. The van der Waals surface area contributed by atoms with Gasteiger partial charge in [0.2, 0.25) is 5.95 Å². The van der Waals surface area contributed by atoms with Gasteiger partial charge in [0.1, 0.15) is 11.7 Å². The fourth-order valence-corrected chi connectivity index (χ4v) is 7.02. The van der Waals surface area contributed by atoms with Crippen LogP contribution in [0.2, 0.25) is 0 Å². The Hall–Kier alpha value is -4.41. The first-order chi connectivity index (χ1) is 20.7. The van der Waals surface area contributed by atoms with Crippen LogP contribution in [0.1, 0.15) is 53.0 Å². The predicted molar refractivity (Wildman–Crippen MR) is 172 cm³/mol. The van der Waals surface area contributed by atoms with Crippen LogP contribution < -0.4 is 21.1 Å². The van der Waals surface area contributed by atoms with Gasteiger partial charge in [0, 0.05) is 47.0 Å². The fraction of sp³-hybridized carbons (Fsp3) is 0.303. The third-order valence-corrected chi connectivity index (χ3v) is 9.80. The standard InChI is InChI=1S/C33H33N7O2S/c1-19-27(36-18-43-19)25-15-22-17-35-32(37-23-11-9-20(10-12-23)21-13-14-34-16-21)38-30(22)40(31(25)42)29-28(41)24-7-5-6-8-26(24)39(4)33(29,2)3/h5-12,15,17-18,21,29,34H,13-14,16H2,1-4H3,(H,35,37,38). The van der Waals surface area contributed by atoms with Gasteiger partial charge in [0.25, 0.3) is 5.56 Å². The van der Waals surface area contributed by atoms with Gasteiger partial charge in [-0.15, -0.1) is 11.3 Å². The number of nitrogens with zero attached hydrogens (tertiary/aromatic N) is 5. The summed E-state index contributed by atoms with van der Waals surface area (Å²) in [7, 11) is 1.97. The van der Waals surface area contributed by atoms with Crippen LogP contribution in [-0.4, -0.2) is 51.0 Å². The van der Waals surface area contributed by atoms with E-state index in [-0.39, 0.29) is 11.3 Å². The van der Waals surface area contributed by atoms with Crippen molar-refractivity contribution in [2.45, 2.75) is 44.7 Å². The third-order valence-electron chi connectivity index (χ3n) is 9.04. The Morgan fingerprint density at radius 2 is 1.84 bits per heavy atom. The van der Waals surface area contributed by atoms with E-state index in [0.717, 1.165) is 35.8 Å². The Morgan fingerprint density at radius 3 is 2.56 bits per heavy atom. The van der Waals surface area contributed by atoms with Crippen LogP contribution in [0, 0.1) is 6.92 Å². The van der Waals surface area contributed by atoms with E-state index >= 15 is 0 Å². The summed E-state index contributed by atoms with van der Waals surface area (Å²) in [6, 6.07) is 16.8. The molecule has 0 saturated carbocycles. The van der Waals surface area contributed by atoms with Crippen molar-refractivity contribution in [2.75, 3.05) is 30.4 Å². The predicted octanol–water partition coefficient (Wildman–Crippen LogP) is 5.70. The first-order valence-corrected chi connectivity index (χ1v) is 15.4. The van der Waals surface area contributed by atoms with Gasteiger partial charge in [0.15, 0.2) is 5.78 Å². The van der Waals surface area contributed by atoms with E-state index in [2.05, 4.69) is 37.6 Å². The molecule has 0 aliphatic carbocycles. The number of aryl methyl sites for hydroxylation is 1. The Labute approximate surface area is 253 Å². The number of ketones is 1. The molecule has 2 aromatic carbocycles. The number of Topliss-reactive ketones (excluding diaryl/α,β-unsaturated/α-hetero) is 1. The molecule has 10 heteroatoms. The lowest BCUT2D eigenvalue weighted by atomic mass is 9.81. The van der Waals surface area contributed by atoms with E-state index in [0.29, 0.717) is 39.7 Å². The zero-order valence-electron chi connectivity index (χ0n) is 24.6. The highest BCUT2D eigenvalue weighted by Crippen LogP contribution is 2.42. The van der Waals surface area contributed by atoms with Crippen LogP contribution in [0.15, 0.2) is 71.1 Å². The van der Waals surface area contributed by atoms with Gasteiger partial charge in [-0.25, -0.2) is 9.97 Å². The number of aromatic nitrogens is 4. The topological polar surface area (TPSA) is 105 Å². The molecule has 9 nitrogen and oxygen atoms in total. The van der Waals surface area contributed by atoms with Crippen LogP contribution in [0.25, 0.3) is 22.3 Å². The van der Waals surface area contributed by atoms with Crippen LogP contribution in [-0.2, 0) is 0 Å². The summed E-state index contributed by atoms with van der Waals surface area (Å²) in [4.78, 5) is 45.8. The van der Waals surface area contributed by atoms with Gasteiger partial charge in [0.05, 0.1) is 22.3 Å². The molecule has 3 aromatic heterocycles. The van der Waals surface area contributed by atoms with Crippen molar-refractivity contribution in [1.82, 2.24) is 24.8 Å². The summed E-state index contributed by atoms with van der Waals surface area (Å²) < 4.78 is 1.57. The minimum Gasteiger partial charge on any atom is -0.366 e. The number of para-hydroxylation sites is 1. The van der Waals surface area contributed by atoms with Crippen LogP contribution >= 0.6 is 11.3 Å². The van der Waals surface area contributed by atoms with E-state index in [4.69, 9.17) is 4.98 Å². The lowest BCUT2D eigenvalue weighted by Crippen LogP contribution is -2.56. The molecular weight excluding hydrogens is 558 g/mol. The number of hydrogen-bond acceptors (Lipinski definition) is 9. The SMILES string of the molecule is Cc1scnc1-c1cc2cnc(Nc3ccc(C4CCNC4)cc3)nc2n(C2C(=O)c3ccccc3N(C)C2(C)C)c1=O. The van der Waals surface area contributed by atoms with Gasteiger partial charge in [-0.1, -0.05) is 24.3 Å². The van der Waals surface area contributed by atoms with Gasteiger partial charge in [-0.3, -0.25) is 14.2 Å². The molecule has 218 valence electrons. The number of pyridine rings is 1. The maximum Gasteiger partial charge on any atom is 0.262 e. The van der Waals surface area contributed by atoms with Crippen LogP contribution in [0.4, 0.5) is 17.3 Å². The molecule has 2 unspecified atom stereocenters. The van der Waals surface area contributed by atoms with E-state index in [1.807, 2.05) is 64.2 Å². The Morgan fingerprint density at radius 1 is 1.05 bits per heavy atom. The molecule has 0 radical (unpaired) electrons. The molecule has 2 atom stereocenters. The largest absolute Gasteiger partial charge is 0.366 e. The number of benzene rings is 2. The molecule has 2 N–H and O–H groups in total. The molecule has 1 saturated heterocycles. The molecule has 0 bridgehead atoms. The Bertz CT molecular complexity index is 1920. The highest BCUT2D eigenvalue weighted by atomic mass is 32.1. The van der Waals surface area contributed by atoms with Gasteiger partial charge < -0.3 is 15.5 Å². The number of fused-ring (bicyclic) bond motifs is 2. The number of hydrogen-bond donors (Lipinski definition) is 2. The van der Waals surface area contributed by atoms with Crippen molar-refractivity contribution < 1.29 is 4.79 Å². The molecular formula is C33H33N7O2S. The van der Waals surface area contributed by atoms with Crippen molar-refractivity contribution in [3.8, 4) is 11.3 Å². The molecule has 0 amide bonds. The number of thiazole rings is 1. The van der Waals surface area contributed by atoms with Gasteiger partial charge >= 0.3 is 0 Å². The second-order valence-electron chi connectivity index (χ2n) is 11.9. The normalized spacial score (nSPS) is 19.5. The molecule has 2 aliphatic heterocycles. The minimum absolute atomic E-state index is 0.126. The average molecular weight is 592 g/mol. The fourth-order valence-electron chi connectivity index (χ4n) is 6.43.